The number of ether oxygens (including phenoxy) is 2. The quantitative estimate of drug-likeness (QED) is 0.350. The molecule has 0 aliphatic carbocycles. The van der Waals surface area contributed by atoms with E-state index in [1.807, 2.05) is 13.8 Å². The van der Waals surface area contributed by atoms with Gasteiger partial charge >= 0.3 is 0 Å². The number of hydrogen-bond acceptors (Lipinski definition) is 3. The van der Waals surface area contributed by atoms with Crippen molar-refractivity contribution >= 4 is 10.5 Å². The van der Waals surface area contributed by atoms with Gasteiger partial charge in [0.25, 0.3) is 16.5 Å². The Balaban J connectivity index is 2.35. The molecule has 1 rings (SSSR count). The van der Waals surface area contributed by atoms with Crippen LogP contribution < -0.4 is 0 Å². The summed E-state index contributed by atoms with van der Waals surface area (Å²) in [4.78, 5) is 0. The monoisotopic (exact) mass is 329 g/mol. The van der Waals surface area contributed by atoms with E-state index in [2.05, 4.69) is 10.5 Å². The molecule has 1 aromatic carbocycles. The summed E-state index contributed by atoms with van der Waals surface area (Å²) in [6.07, 6.45) is 3.93. The molecule has 0 aromatic heterocycles. The Morgan fingerprint density at radius 1 is 1.00 bits per heavy atom. The molecule has 1 aromatic rings. The second-order valence-electron chi connectivity index (χ2n) is 4.96. The summed E-state index contributed by atoms with van der Waals surface area (Å²) >= 11 is 0. The molecule has 0 aliphatic heterocycles. The molecule has 123 valence electrons. The van der Waals surface area contributed by atoms with Gasteiger partial charge in [0.2, 0.25) is 0 Å². The fourth-order valence-electron chi connectivity index (χ4n) is 2.28. The van der Waals surface area contributed by atoms with Crippen LogP contribution >= 0.6 is 0 Å². The maximum atomic E-state index is 13.1. The minimum absolute atomic E-state index is 0.485. The number of hydrogen-bond donors (Lipinski definition) is 0. The zero-order chi connectivity index (χ0) is 16.4. The first-order valence-electron chi connectivity index (χ1n) is 7.63. The summed E-state index contributed by atoms with van der Waals surface area (Å²) in [7, 11) is 3.02. The van der Waals surface area contributed by atoms with Crippen molar-refractivity contribution in [3.05, 3.63) is 35.4 Å². The normalized spacial score (nSPS) is 11.9. The molecule has 22 heavy (non-hydrogen) atoms. The zero-order valence-electron chi connectivity index (χ0n) is 13.2. The minimum Gasteiger partial charge on any atom is -0.371 e. The van der Waals surface area contributed by atoms with Crippen LogP contribution in [0.5, 0.6) is 0 Å². The molecule has 0 aliphatic rings. The van der Waals surface area contributed by atoms with E-state index < -0.39 is 17.6 Å². The van der Waals surface area contributed by atoms with Crippen molar-refractivity contribution in [3.63, 3.8) is 0 Å². The highest BCUT2D eigenvalue weighted by atomic mass is 28.2. The molecule has 0 fully saturated rings. The van der Waals surface area contributed by atoms with Crippen LogP contribution in [0.15, 0.2) is 18.2 Å². The van der Waals surface area contributed by atoms with Gasteiger partial charge in [-0.15, -0.1) is 0 Å². The highest BCUT2D eigenvalue weighted by molar-refractivity contribution is 5.98. The predicted octanol–water partition coefficient (Wildman–Crippen LogP) is 3.89. The molecule has 0 amide bonds. The van der Waals surface area contributed by atoms with Crippen LogP contribution in [0.25, 0.3) is 0 Å². The van der Waals surface area contributed by atoms with E-state index in [0.29, 0.717) is 26.1 Å². The van der Waals surface area contributed by atoms with E-state index in [0.717, 1.165) is 30.9 Å². The summed E-state index contributed by atoms with van der Waals surface area (Å²) in [6, 6.07) is 4.03. The molecule has 0 spiro atoms. The highest BCUT2D eigenvalue weighted by Gasteiger charge is 2.30. The van der Waals surface area contributed by atoms with Crippen LogP contribution in [0.4, 0.5) is 8.78 Å². The lowest BCUT2D eigenvalue weighted by Crippen LogP contribution is -2.38. The van der Waals surface area contributed by atoms with Gasteiger partial charge < -0.3 is 13.9 Å². The standard InChI is InChI=1S/C16H23F2O3Si/c1-3-19-16(21-22,20-4-2)11-7-5-6-8-13-9-10-14(17)15(18)12-13/h9-10,12H,3-8,11H2,1-2H3. The van der Waals surface area contributed by atoms with E-state index in [4.69, 9.17) is 13.9 Å². The van der Waals surface area contributed by atoms with E-state index >= 15 is 0 Å². The lowest BCUT2D eigenvalue weighted by atomic mass is 10.1. The van der Waals surface area contributed by atoms with Gasteiger partial charge in [-0.25, -0.2) is 8.78 Å². The van der Waals surface area contributed by atoms with Gasteiger partial charge in [0.1, 0.15) is 0 Å². The largest absolute Gasteiger partial charge is 0.371 e. The molecular weight excluding hydrogens is 306 g/mol. The summed E-state index contributed by atoms with van der Waals surface area (Å²) in [5, 5.41) is 0. The molecular formula is C16H23F2O3Si. The van der Waals surface area contributed by atoms with Gasteiger partial charge in [-0.1, -0.05) is 12.5 Å². The first-order chi connectivity index (χ1) is 10.6. The molecule has 3 radical (unpaired) electrons. The van der Waals surface area contributed by atoms with Crippen LogP contribution in [0.3, 0.4) is 0 Å². The molecule has 0 saturated heterocycles. The van der Waals surface area contributed by atoms with Crippen molar-refractivity contribution in [2.45, 2.75) is 51.9 Å². The smallest absolute Gasteiger partial charge is 0.272 e. The Hall–Kier alpha value is -0.823. The first-order valence-corrected chi connectivity index (χ1v) is 8.04. The minimum atomic E-state index is -1.05. The lowest BCUT2D eigenvalue weighted by molar-refractivity contribution is -0.344. The SMILES string of the molecule is CCOC(CCCCCc1ccc(F)c(F)c1)(O[Si])OCC. The van der Waals surface area contributed by atoms with E-state index in [9.17, 15) is 8.78 Å². The molecule has 0 atom stereocenters. The topological polar surface area (TPSA) is 27.7 Å². The number of halogens is 2. The molecule has 0 bridgehead atoms. The van der Waals surface area contributed by atoms with Gasteiger partial charge in [0.15, 0.2) is 11.6 Å². The Bertz CT molecular complexity index is 437. The number of unbranched alkanes of at least 4 members (excludes halogenated alkanes) is 2. The maximum Gasteiger partial charge on any atom is 0.272 e. The van der Waals surface area contributed by atoms with Crippen molar-refractivity contribution in [3.8, 4) is 0 Å². The molecule has 0 unspecified atom stereocenters. The van der Waals surface area contributed by atoms with Crippen LogP contribution in [-0.2, 0) is 20.3 Å². The number of benzene rings is 1. The summed E-state index contributed by atoms with van der Waals surface area (Å²) in [6.45, 7) is 4.73. The molecule has 0 saturated carbocycles. The Kier molecular flexibility index (Phi) is 8.78. The predicted molar refractivity (Wildman–Crippen MR) is 81.4 cm³/mol. The third kappa shape index (κ3) is 6.12. The maximum absolute atomic E-state index is 13.1. The van der Waals surface area contributed by atoms with Crippen LogP contribution in [0.1, 0.15) is 45.1 Å². The van der Waals surface area contributed by atoms with Crippen molar-refractivity contribution in [2.75, 3.05) is 13.2 Å². The fraction of sp³-hybridized carbons (Fsp3) is 0.625. The molecule has 0 heterocycles. The van der Waals surface area contributed by atoms with Crippen LogP contribution in [0.2, 0.25) is 0 Å². The van der Waals surface area contributed by atoms with Crippen molar-refractivity contribution < 1.29 is 22.7 Å². The van der Waals surface area contributed by atoms with E-state index in [-0.39, 0.29) is 0 Å². The van der Waals surface area contributed by atoms with Gasteiger partial charge in [0, 0.05) is 19.6 Å². The van der Waals surface area contributed by atoms with Crippen LogP contribution in [0, 0.1) is 11.6 Å². The molecule has 6 heteroatoms. The molecule has 0 N–H and O–H groups in total. The Labute approximate surface area is 134 Å². The number of rotatable bonds is 11. The average molecular weight is 329 g/mol. The third-order valence-corrected chi connectivity index (χ3v) is 3.63. The fourth-order valence-corrected chi connectivity index (χ4v) is 2.50. The zero-order valence-corrected chi connectivity index (χ0v) is 14.2. The van der Waals surface area contributed by atoms with Gasteiger partial charge in [-0.3, -0.25) is 0 Å². The first kappa shape index (κ1) is 19.2. The number of aryl methyl sites for hydroxylation is 1. The summed E-state index contributed by atoms with van der Waals surface area (Å²) in [5.41, 5.74) is 0.802. The summed E-state index contributed by atoms with van der Waals surface area (Å²) < 4.78 is 42.2. The molecule has 3 nitrogen and oxygen atoms in total. The van der Waals surface area contributed by atoms with Gasteiger partial charge in [-0.2, -0.15) is 0 Å². The van der Waals surface area contributed by atoms with Crippen molar-refractivity contribution in [1.82, 2.24) is 0 Å². The van der Waals surface area contributed by atoms with Gasteiger partial charge in [0.05, 0.1) is 0 Å². The lowest BCUT2D eigenvalue weighted by Gasteiger charge is -2.31. The van der Waals surface area contributed by atoms with Crippen LogP contribution in [-0.4, -0.2) is 29.7 Å². The van der Waals surface area contributed by atoms with E-state index in [1.165, 1.54) is 6.07 Å². The van der Waals surface area contributed by atoms with E-state index in [1.54, 1.807) is 6.07 Å². The Morgan fingerprint density at radius 2 is 1.68 bits per heavy atom. The van der Waals surface area contributed by atoms with Crippen molar-refractivity contribution in [2.24, 2.45) is 0 Å². The second kappa shape index (κ2) is 10.0. The average Bonchev–Trinajstić information content (AvgIpc) is 2.50. The van der Waals surface area contributed by atoms with Crippen molar-refractivity contribution in [1.29, 1.82) is 0 Å². The summed E-state index contributed by atoms with van der Waals surface area (Å²) in [5.74, 6) is -2.66. The Morgan fingerprint density at radius 3 is 2.23 bits per heavy atom. The second-order valence-corrected chi connectivity index (χ2v) is 5.16. The highest BCUT2D eigenvalue weighted by Crippen LogP contribution is 2.23. The van der Waals surface area contributed by atoms with Gasteiger partial charge in [-0.05, 0) is 50.8 Å². The third-order valence-electron chi connectivity index (χ3n) is 3.32.